The minimum Gasteiger partial charge on any atom is -0.481 e. The third kappa shape index (κ3) is 4.28. The zero-order chi connectivity index (χ0) is 24.3. The summed E-state index contributed by atoms with van der Waals surface area (Å²) in [5, 5.41) is 20.7. The average molecular weight is 487 g/mol. The number of hydrogen-bond donors (Lipinski definition) is 3. The van der Waals surface area contributed by atoms with E-state index in [0.717, 1.165) is 19.3 Å². The van der Waals surface area contributed by atoms with Gasteiger partial charge in [-0.1, -0.05) is 20.8 Å². The number of hydrogen-bond acceptors (Lipinski definition) is 6. The maximum absolute atomic E-state index is 12.2. The fraction of sp³-hybridized carbons (Fsp3) is 0.917. The Balaban J connectivity index is 1.70. The van der Waals surface area contributed by atoms with Crippen molar-refractivity contribution in [1.29, 1.82) is 0 Å². The number of carbonyl (C=O) groups is 2. The van der Waals surface area contributed by atoms with Crippen molar-refractivity contribution >= 4 is 22.2 Å². The number of carboxylic acids is 1. The predicted octanol–water partition coefficient (Wildman–Crippen LogP) is 3.48. The summed E-state index contributed by atoms with van der Waals surface area (Å²) in [6.45, 7) is 6.32. The molecule has 4 rings (SSSR count). The van der Waals surface area contributed by atoms with Crippen molar-refractivity contribution in [3.05, 3.63) is 0 Å². The van der Waals surface area contributed by atoms with Gasteiger partial charge in [0.15, 0.2) is 0 Å². The number of carbonyl (C=O) groups excluding carboxylic acids is 1. The molecule has 0 unspecified atom stereocenters. The molecule has 4 fully saturated rings. The van der Waals surface area contributed by atoms with Gasteiger partial charge in [-0.3, -0.25) is 14.1 Å². The monoisotopic (exact) mass is 486 g/mol. The van der Waals surface area contributed by atoms with Gasteiger partial charge in [-0.2, -0.15) is 8.42 Å². The van der Waals surface area contributed by atoms with Crippen LogP contribution in [0.15, 0.2) is 0 Å². The summed E-state index contributed by atoms with van der Waals surface area (Å²) in [6.07, 6.45) is 3.50. The lowest BCUT2D eigenvalue weighted by Gasteiger charge is -2.63. The quantitative estimate of drug-likeness (QED) is 0.485. The van der Waals surface area contributed by atoms with Crippen LogP contribution in [0.4, 0.5) is 0 Å². The Morgan fingerprint density at radius 2 is 1.91 bits per heavy atom. The standard InChI is InChI=1S/C24H38O8S/c1-13(4-7-21(27)28)16-5-6-17-22-18(12-20(26)24(16,17)3)23(2)9-8-15(25)10-14(23)11-19(22)32-33(29,30)31/h13-14,16-20,22,26H,4-12H2,1-3H3,(H,27,28)(H,29,30,31)/t13-,14+,16-,17+,18+,19-,20+,22+,23+,24-/m1/s1. The van der Waals surface area contributed by atoms with Gasteiger partial charge in [0, 0.05) is 19.3 Å². The van der Waals surface area contributed by atoms with Gasteiger partial charge in [-0.25, -0.2) is 4.18 Å². The van der Waals surface area contributed by atoms with E-state index in [9.17, 15) is 27.7 Å². The molecule has 3 N–H and O–H groups in total. The second-order valence-corrected chi connectivity index (χ2v) is 12.8. The predicted molar refractivity (Wildman–Crippen MR) is 119 cm³/mol. The topological polar surface area (TPSA) is 138 Å². The van der Waals surface area contributed by atoms with Crippen molar-refractivity contribution in [2.75, 3.05) is 0 Å². The van der Waals surface area contributed by atoms with E-state index in [1.807, 2.05) is 0 Å². The van der Waals surface area contributed by atoms with Crippen LogP contribution in [-0.2, 0) is 24.2 Å². The number of Topliss-reactive ketones (excluding diaryl/α,β-unsaturated/α-hetero) is 1. The van der Waals surface area contributed by atoms with E-state index in [1.165, 1.54) is 0 Å². The van der Waals surface area contributed by atoms with E-state index in [-0.39, 0.29) is 53.1 Å². The highest BCUT2D eigenvalue weighted by Crippen LogP contribution is 2.68. The van der Waals surface area contributed by atoms with E-state index < -0.39 is 34.0 Å². The van der Waals surface area contributed by atoms with Gasteiger partial charge in [0.25, 0.3) is 0 Å². The van der Waals surface area contributed by atoms with Gasteiger partial charge in [-0.05, 0) is 84.9 Å². The maximum Gasteiger partial charge on any atom is 0.397 e. The third-order valence-corrected chi connectivity index (χ3v) is 10.9. The van der Waals surface area contributed by atoms with E-state index in [0.29, 0.717) is 32.1 Å². The Hall–Kier alpha value is -1.03. The average Bonchev–Trinajstić information content (AvgIpc) is 3.05. The molecular formula is C24H38O8S. The molecule has 0 aromatic heterocycles. The Labute approximate surface area is 196 Å². The van der Waals surface area contributed by atoms with Crippen molar-refractivity contribution in [3.8, 4) is 0 Å². The van der Waals surface area contributed by atoms with Gasteiger partial charge in [-0.15, -0.1) is 0 Å². The lowest BCUT2D eigenvalue weighted by Crippen LogP contribution is -2.62. The summed E-state index contributed by atoms with van der Waals surface area (Å²) in [4.78, 5) is 23.4. The van der Waals surface area contributed by atoms with Crippen molar-refractivity contribution in [1.82, 2.24) is 0 Å². The maximum atomic E-state index is 12.2. The Morgan fingerprint density at radius 3 is 2.55 bits per heavy atom. The van der Waals surface area contributed by atoms with Crippen molar-refractivity contribution in [2.45, 2.75) is 90.8 Å². The summed E-state index contributed by atoms with van der Waals surface area (Å²) >= 11 is 0. The van der Waals surface area contributed by atoms with Crippen LogP contribution in [0.5, 0.6) is 0 Å². The molecule has 9 heteroatoms. The number of carboxylic acid groups (broad SMARTS) is 1. The van der Waals surface area contributed by atoms with Crippen LogP contribution in [0.1, 0.15) is 78.6 Å². The Bertz CT molecular complexity index is 902. The van der Waals surface area contributed by atoms with Crippen molar-refractivity contribution < 1.29 is 37.0 Å². The highest BCUT2D eigenvalue weighted by Gasteiger charge is 2.66. The van der Waals surface area contributed by atoms with Crippen LogP contribution in [0.2, 0.25) is 0 Å². The molecule has 10 atom stereocenters. The molecule has 0 spiro atoms. The molecule has 33 heavy (non-hydrogen) atoms. The third-order valence-electron chi connectivity index (χ3n) is 10.4. The van der Waals surface area contributed by atoms with E-state index >= 15 is 0 Å². The first-order chi connectivity index (χ1) is 15.3. The smallest absolute Gasteiger partial charge is 0.397 e. The van der Waals surface area contributed by atoms with Crippen LogP contribution in [0, 0.1) is 46.3 Å². The first-order valence-corrected chi connectivity index (χ1v) is 13.7. The fourth-order valence-electron chi connectivity index (χ4n) is 8.73. The van der Waals surface area contributed by atoms with Crippen LogP contribution >= 0.6 is 0 Å². The molecule has 188 valence electrons. The molecule has 0 aliphatic heterocycles. The minimum absolute atomic E-state index is 0.00255. The van der Waals surface area contributed by atoms with E-state index in [1.54, 1.807) is 0 Å². The fourth-order valence-corrected chi connectivity index (χ4v) is 9.25. The van der Waals surface area contributed by atoms with Gasteiger partial charge in [0.2, 0.25) is 0 Å². The van der Waals surface area contributed by atoms with Gasteiger partial charge in [0.05, 0.1) is 12.2 Å². The molecular weight excluding hydrogens is 448 g/mol. The Kier molecular flexibility index (Phi) is 6.51. The first kappa shape index (κ1) is 25.1. The molecule has 8 nitrogen and oxygen atoms in total. The molecule has 4 saturated carbocycles. The van der Waals surface area contributed by atoms with Crippen molar-refractivity contribution in [3.63, 3.8) is 0 Å². The summed E-state index contributed by atoms with van der Waals surface area (Å²) in [5.74, 6) is -0.587. The summed E-state index contributed by atoms with van der Waals surface area (Å²) in [5.41, 5.74) is -0.666. The number of ketones is 1. The molecule has 0 bridgehead atoms. The highest BCUT2D eigenvalue weighted by atomic mass is 32.3. The largest absolute Gasteiger partial charge is 0.481 e. The number of fused-ring (bicyclic) bond motifs is 5. The molecule has 4 aliphatic rings. The molecule has 0 aromatic carbocycles. The zero-order valence-corrected chi connectivity index (χ0v) is 20.6. The molecule has 0 radical (unpaired) electrons. The number of rotatable bonds is 6. The van der Waals surface area contributed by atoms with Crippen LogP contribution < -0.4 is 0 Å². The number of aliphatic hydroxyl groups excluding tert-OH is 1. The molecule has 4 aliphatic carbocycles. The normalized spacial score (nSPS) is 46.2. The van der Waals surface area contributed by atoms with Crippen LogP contribution in [0.25, 0.3) is 0 Å². The molecule has 0 saturated heterocycles. The first-order valence-electron chi connectivity index (χ1n) is 12.3. The van der Waals surface area contributed by atoms with Gasteiger partial charge < -0.3 is 10.2 Å². The van der Waals surface area contributed by atoms with Crippen LogP contribution in [-0.4, -0.2) is 47.1 Å². The van der Waals surface area contributed by atoms with E-state index in [2.05, 4.69) is 20.8 Å². The second-order valence-electron chi connectivity index (χ2n) is 11.7. The van der Waals surface area contributed by atoms with E-state index in [4.69, 9.17) is 9.29 Å². The van der Waals surface area contributed by atoms with Gasteiger partial charge in [0.1, 0.15) is 5.78 Å². The van der Waals surface area contributed by atoms with Gasteiger partial charge >= 0.3 is 16.4 Å². The summed E-state index contributed by atoms with van der Waals surface area (Å²) < 4.78 is 38.5. The van der Waals surface area contributed by atoms with Crippen molar-refractivity contribution in [2.24, 2.45) is 46.3 Å². The molecule has 0 aromatic rings. The summed E-state index contributed by atoms with van der Waals surface area (Å²) in [6, 6.07) is 0. The zero-order valence-electron chi connectivity index (χ0n) is 19.8. The Morgan fingerprint density at radius 1 is 1.21 bits per heavy atom. The SMILES string of the molecule is C[C@H](CCC(=O)O)[C@H]1CC[C@H]2[C@@H]3[C@H](OS(=O)(=O)O)C[C@@H]4CC(=O)CC[C@]4(C)[C@H]3C[C@H](O)[C@]12C. The number of aliphatic carboxylic acids is 1. The number of aliphatic hydroxyl groups is 1. The lowest BCUT2D eigenvalue weighted by molar-refractivity contribution is -0.196. The molecule has 0 amide bonds. The molecule has 0 heterocycles. The minimum atomic E-state index is -4.67. The second kappa shape index (κ2) is 8.57. The lowest BCUT2D eigenvalue weighted by atomic mass is 9.43. The summed E-state index contributed by atoms with van der Waals surface area (Å²) in [7, 11) is -4.67. The van der Waals surface area contributed by atoms with Crippen LogP contribution in [0.3, 0.4) is 0 Å². The highest BCUT2D eigenvalue weighted by molar-refractivity contribution is 7.80.